The fourth-order valence-electron chi connectivity index (χ4n) is 5.48. The maximum absolute atomic E-state index is 12.1. The molecule has 0 spiro atoms. The number of carbonyl (C=O) groups is 2. The fourth-order valence-corrected chi connectivity index (χ4v) is 5.48. The lowest BCUT2D eigenvalue weighted by molar-refractivity contribution is -0.135. The molecule has 6 nitrogen and oxygen atoms in total. The van der Waals surface area contributed by atoms with Crippen LogP contribution in [0.3, 0.4) is 0 Å². The molecule has 2 aliphatic rings. The molecule has 0 bridgehead atoms. The smallest absolute Gasteiger partial charge is 0.332 e. The first-order chi connectivity index (χ1) is 17.0. The predicted molar refractivity (Wildman–Crippen MR) is 138 cm³/mol. The molecule has 0 saturated carbocycles. The Bertz CT molecular complexity index is 1040. The number of benzene rings is 2. The van der Waals surface area contributed by atoms with Gasteiger partial charge in [-0.05, 0) is 86.7 Å². The topological polar surface area (TPSA) is 89.9 Å². The van der Waals surface area contributed by atoms with Crippen molar-refractivity contribution in [2.75, 3.05) is 25.0 Å². The van der Waals surface area contributed by atoms with Gasteiger partial charge in [0.2, 0.25) is 0 Å². The third kappa shape index (κ3) is 6.95. The molecule has 1 fully saturated rings. The molecule has 186 valence electrons. The van der Waals surface area contributed by atoms with Gasteiger partial charge in [0.25, 0.3) is 0 Å². The molecule has 2 aromatic carbocycles. The minimum atomic E-state index is -1.21. The number of rotatable bonds is 9. The molecule has 1 atom stereocenters. The third-order valence-electron chi connectivity index (χ3n) is 7.45. The molecule has 0 aromatic heterocycles. The molecule has 35 heavy (non-hydrogen) atoms. The molecule has 2 aliphatic heterocycles. The number of hydrogen-bond acceptors (Lipinski definition) is 4. The van der Waals surface area contributed by atoms with Crippen LogP contribution < -0.4 is 5.32 Å². The Kier molecular flexibility index (Phi) is 8.59. The van der Waals surface area contributed by atoms with Crippen LogP contribution in [-0.2, 0) is 22.6 Å². The van der Waals surface area contributed by atoms with Crippen LogP contribution >= 0.6 is 0 Å². The number of fused-ring (bicyclic) bond motifs is 1. The van der Waals surface area contributed by atoms with Gasteiger partial charge in [-0.2, -0.15) is 0 Å². The maximum atomic E-state index is 12.1. The quantitative estimate of drug-likeness (QED) is 0.425. The van der Waals surface area contributed by atoms with E-state index in [4.69, 9.17) is 0 Å². The van der Waals surface area contributed by atoms with Gasteiger partial charge in [-0.3, -0.25) is 4.90 Å². The van der Waals surface area contributed by atoms with Gasteiger partial charge in [-0.1, -0.05) is 42.5 Å². The highest BCUT2D eigenvalue weighted by Gasteiger charge is 2.27. The van der Waals surface area contributed by atoms with Gasteiger partial charge in [-0.15, -0.1) is 0 Å². The summed E-state index contributed by atoms with van der Waals surface area (Å²) in [4.78, 5) is 26.1. The van der Waals surface area contributed by atoms with Crippen molar-refractivity contribution in [2.45, 2.75) is 57.4 Å². The van der Waals surface area contributed by atoms with E-state index in [1.54, 1.807) is 0 Å². The Hall–Kier alpha value is -3.12. The summed E-state index contributed by atoms with van der Waals surface area (Å²) in [7, 11) is 0. The molecular formula is C29H36N2O4. The first kappa shape index (κ1) is 25.0. The van der Waals surface area contributed by atoms with Crippen LogP contribution in [0.5, 0.6) is 0 Å². The summed E-state index contributed by atoms with van der Waals surface area (Å²) in [5.74, 6) is -2.29. The zero-order valence-corrected chi connectivity index (χ0v) is 20.3. The first-order valence-corrected chi connectivity index (χ1v) is 12.8. The second kappa shape index (κ2) is 12.0. The molecule has 0 amide bonds. The molecule has 1 saturated heterocycles. The molecule has 0 aliphatic carbocycles. The lowest BCUT2D eigenvalue weighted by Gasteiger charge is -2.33. The molecule has 4 rings (SSSR count). The zero-order chi connectivity index (χ0) is 24.6. The minimum absolute atomic E-state index is 0.0346. The Morgan fingerprint density at radius 1 is 1.06 bits per heavy atom. The zero-order valence-electron chi connectivity index (χ0n) is 20.3. The highest BCUT2D eigenvalue weighted by atomic mass is 16.4. The van der Waals surface area contributed by atoms with Crippen molar-refractivity contribution in [1.82, 2.24) is 4.90 Å². The molecule has 2 heterocycles. The van der Waals surface area contributed by atoms with Crippen molar-refractivity contribution in [3.63, 3.8) is 0 Å². The summed E-state index contributed by atoms with van der Waals surface area (Å²) in [6.45, 7) is 3.93. The minimum Gasteiger partial charge on any atom is -0.478 e. The molecule has 3 N–H and O–H groups in total. The van der Waals surface area contributed by atoms with Crippen molar-refractivity contribution in [3.05, 3.63) is 76.9 Å². The lowest BCUT2D eigenvalue weighted by atomic mass is 9.81. The van der Waals surface area contributed by atoms with Crippen molar-refractivity contribution >= 4 is 17.6 Å². The van der Waals surface area contributed by atoms with E-state index in [9.17, 15) is 19.8 Å². The van der Waals surface area contributed by atoms with Crippen molar-refractivity contribution in [3.8, 4) is 0 Å². The largest absolute Gasteiger partial charge is 0.478 e. The van der Waals surface area contributed by atoms with Crippen LogP contribution in [0.1, 0.15) is 61.1 Å². The number of aliphatic carboxylic acids is 2. The second-order valence-electron chi connectivity index (χ2n) is 9.88. The summed E-state index contributed by atoms with van der Waals surface area (Å²) in [5, 5.41) is 22.7. The standard InChI is InChI=1S/C29H36N2O4/c32-28(33)19-26(29(34)35)25(24-11-10-23-8-4-5-15-30-27(23)18-24)12-9-21-13-16-31(17-14-21)20-22-6-2-1-3-7-22/h1-3,6-7,10-11,18-19,21,25,30H,4-5,8-9,12-17,20H2,(H,32,33)(H,34,35)/b26-19-. The van der Waals surface area contributed by atoms with Gasteiger partial charge in [0, 0.05) is 30.8 Å². The third-order valence-corrected chi connectivity index (χ3v) is 7.45. The van der Waals surface area contributed by atoms with Crippen molar-refractivity contribution in [1.29, 1.82) is 0 Å². The summed E-state index contributed by atoms with van der Waals surface area (Å²) < 4.78 is 0. The summed E-state index contributed by atoms with van der Waals surface area (Å²) >= 11 is 0. The normalized spacial score (nSPS) is 18.2. The van der Waals surface area contributed by atoms with Crippen molar-refractivity contribution in [2.24, 2.45) is 5.92 Å². The van der Waals surface area contributed by atoms with E-state index >= 15 is 0 Å². The highest BCUT2D eigenvalue weighted by molar-refractivity contribution is 5.96. The van der Waals surface area contributed by atoms with E-state index in [1.165, 1.54) is 11.1 Å². The fraction of sp³-hybridized carbons (Fsp3) is 0.448. The van der Waals surface area contributed by atoms with E-state index in [0.717, 1.165) is 82.0 Å². The van der Waals surface area contributed by atoms with Crippen LogP contribution in [0.2, 0.25) is 0 Å². The average molecular weight is 477 g/mol. The van der Waals surface area contributed by atoms with Gasteiger partial charge < -0.3 is 15.5 Å². The van der Waals surface area contributed by atoms with E-state index in [2.05, 4.69) is 40.5 Å². The molecule has 0 radical (unpaired) electrons. The van der Waals surface area contributed by atoms with E-state index in [-0.39, 0.29) is 5.57 Å². The summed E-state index contributed by atoms with van der Waals surface area (Å²) in [5.41, 5.74) is 4.48. The number of hydrogen-bond donors (Lipinski definition) is 3. The maximum Gasteiger partial charge on any atom is 0.332 e. The number of piperidine rings is 1. The van der Waals surface area contributed by atoms with Gasteiger partial charge in [0.15, 0.2) is 0 Å². The molecule has 1 unspecified atom stereocenters. The number of likely N-dealkylation sites (tertiary alicyclic amines) is 1. The number of carboxylic acids is 2. The summed E-state index contributed by atoms with van der Waals surface area (Å²) in [6, 6.07) is 16.6. The molecule has 2 aromatic rings. The Labute approximate surface area is 207 Å². The number of anilines is 1. The lowest BCUT2D eigenvalue weighted by Crippen LogP contribution is -2.33. The van der Waals surface area contributed by atoms with Gasteiger partial charge in [0.1, 0.15) is 0 Å². The number of aryl methyl sites for hydroxylation is 1. The van der Waals surface area contributed by atoms with Crippen molar-refractivity contribution < 1.29 is 19.8 Å². The van der Waals surface area contributed by atoms with Gasteiger partial charge >= 0.3 is 11.9 Å². The number of carboxylic acid groups (broad SMARTS) is 2. The Morgan fingerprint density at radius 3 is 2.54 bits per heavy atom. The van der Waals surface area contributed by atoms with Crippen LogP contribution in [0.15, 0.2) is 60.2 Å². The van der Waals surface area contributed by atoms with Crippen LogP contribution in [0.25, 0.3) is 0 Å². The Morgan fingerprint density at radius 2 is 1.83 bits per heavy atom. The SMILES string of the molecule is O=C(O)/C=C(\C(=O)O)C(CCC1CCN(Cc2ccccc2)CC1)c1ccc2c(c1)NCCCC2. The van der Waals surface area contributed by atoms with E-state index in [0.29, 0.717) is 12.3 Å². The van der Waals surface area contributed by atoms with Crippen LogP contribution in [0, 0.1) is 5.92 Å². The Balaban J connectivity index is 1.45. The number of nitrogens with zero attached hydrogens (tertiary/aromatic N) is 1. The second-order valence-corrected chi connectivity index (χ2v) is 9.88. The highest BCUT2D eigenvalue weighted by Crippen LogP contribution is 2.36. The predicted octanol–water partition coefficient (Wildman–Crippen LogP) is 5.31. The molecular weight excluding hydrogens is 440 g/mol. The number of nitrogens with one attached hydrogen (secondary N) is 1. The first-order valence-electron chi connectivity index (χ1n) is 12.8. The summed E-state index contributed by atoms with van der Waals surface area (Å²) in [6.07, 6.45) is 7.81. The average Bonchev–Trinajstić information content (AvgIpc) is 3.10. The van der Waals surface area contributed by atoms with Crippen LogP contribution in [0.4, 0.5) is 5.69 Å². The monoisotopic (exact) mass is 476 g/mol. The van der Waals surface area contributed by atoms with Gasteiger partial charge in [-0.25, -0.2) is 9.59 Å². The van der Waals surface area contributed by atoms with Gasteiger partial charge in [0.05, 0.1) is 5.57 Å². The van der Waals surface area contributed by atoms with E-state index in [1.807, 2.05) is 18.2 Å². The van der Waals surface area contributed by atoms with Crippen LogP contribution in [-0.4, -0.2) is 46.7 Å². The van der Waals surface area contributed by atoms with E-state index < -0.39 is 17.9 Å². The molecule has 6 heteroatoms.